The van der Waals surface area contributed by atoms with Gasteiger partial charge in [-0.25, -0.2) is 4.68 Å². The first-order valence-electron chi connectivity index (χ1n) is 22.6. The fourth-order valence-electron chi connectivity index (χ4n) is 10.7. The summed E-state index contributed by atoms with van der Waals surface area (Å²) in [5.41, 5.74) is 2.64. The van der Waals surface area contributed by atoms with E-state index in [-0.39, 0.29) is 59.5 Å². The Morgan fingerprint density at radius 2 is 1.59 bits per heavy atom. The van der Waals surface area contributed by atoms with Crippen LogP contribution in [-0.4, -0.2) is 96.8 Å². The van der Waals surface area contributed by atoms with E-state index in [9.17, 15) is 29.2 Å². The largest absolute Gasteiger partial charge is 0.489 e. The number of halogens is 1. The minimum Gasteiger partial charge on any atom is -0.489 e. The van der Waals surface area contributed by atoms with Gasteiger partial charge in [0.05, 0.1) is 33.6 Å². The quantitative estimate of drug-likeness (QED) is 0.174. The molecule has 0 radical (unpaired) electrons. The molecule has 1 aliphatic carbocycles. The first-order chi connectivity index (χ1) is 31.6. The summed E-state index contributed by atoms with van der Waals surface area (Å²) < 4.78 is 9.17. The lowest BCUT2D eigenvalue weighted by atomic mass is 9.49. The summed E-state index contributed by atoms with van der Waals surface area (Å²) in [6.45, 7) is 11.0. The topological polar surface area (TPSA) is 210 Å². The summed E-state index contributed by atoms with van der Waals surface area (Å²) in [4.78, 5) is 68.9. The predicted molar refractivity (Wildman–Crippen MR) is 244 cm³/mol. The highest BCUT2D eigenvalue weighted by Gasteiger charge is 2.64. The highest BCUT2D eigenvalue weighted by Crippen LogP contribution is 2.55. The third-order valence-electron chi connectivity index (χ3n) is 14.2. The molecule has 0 spiro atoms. The van der Waals surface area contributed by atoms with E-state index in [2.05, 4.69) is 69.9 Å². The van der Waals surface area contributed by atoms with Gasteiger partial charge in [-0.05, 0) is 99.0 Å². The average molecular weight is 914 g/mol. The number of amides is 4. The fourth-order valence-corrected chi connectivity index (χ4v) is 11.0. The van der Waals surface area contributed by atoms with Crippen LogP contribution in [0, 0.1) is 34.0 Å². The van der Waals surface area contributed by atoms with Crippen LogP contribution in [0.2, 0.25) is 5.02 Å². The second kappa shape index (κ2) is 17.6. The summed E-state index contributed by atoms with van der Waals surface area (Å²) in [5, 5.41) is 32.4. The van der Waals surface area contributed by atoms with E-state index in [1.807, 2.05) is 29.3 Å². The Kier molecular flexibility index (Phi) is 11.9. The smallest absolute Gasteiger partial charge is 0.278 e. The van der Waals surface area contributed by atoms with Gasteiger partial charge in [0.2, 0.25) is 11.8 Å². The minimum absolute atomic E-state index is 0.0726. The zero-order chi connectivity index (χ0) is 46.5. The zero-order valence-electron chi connectivity index (χ0n) is 37.4. The summed E-state index contributed by atoms with van der Waals surface area (Å²) in [6.07, 6.45) is 5.95. The summed E-state index contributed by atoms with van der Waals surface area (Å²) in [6, 6.07) is 18.8. The number of likely N-dealkylation sites (tertiary alicyclic amines) is 1. The molecular weight excluding hydrogens is 862 g/mol. The van der Waals surface area contributed by atoms with Crippen molar-refractivity contribution in [2.24, 2.45) is 22.7 Å². The second-order valence-electron chi connectivity index (χ2n) is 19.2. The molecule has 2 aromatic heterocycles. The Morgan fingerprint density at radius 1 is 0.879 bits per heavy atom. The van der Waals surface area contributed by atoms with Crippen molar-refractivity contribution in [2.75, 3.05) is 31.1 Å². The van der Waals surface area contributed by atoms with Crippen molar-refractivity contribution >= 4 is 51.8 Å². The molecule has 4 amide bonds. The van der Waals surface area contributed by atoms with Crippen molar-refractivity contribution in [3.8, 4) is 17.5 Å². The number of fused-ring (bicyclic) bond motifs is 1. The monoisotopic (exact) mass is 913 g/mol. The van der Waals surface area contributed by atoms with Crippen molar-refractivity contribution < 1.29 is 23.9 Å². The van der Waals surface area contributed by atoms with E-state index in [0.717, 1.165) is 41.0 Å². The Labute approximate surface area is 386 Å². The number of carbonyl (C=O) groups excluding carboxylic acids is 4. The molecule has 17 nitrogen and oxygen atoms in total. The first kappa shape index (κ1) is 44.5. The van der Waals surface area contributed by atoms with E-state index in [1.54, 1.807) is 47.1 Å². The Hall–Kier alpha value is -6.67. The van der Waals surface area contributed by atoms with Gasteiger partial charge in [-0.3, -0.25) is 29.3 Å². The lowest BCUT2D eigenvalue weighted by Gasteiger charge is -2.63. The van der Waals surface area contributed by atoms with Crippen molar-refractivity contribution in [3.63, 3.8) is 0 Å². The molecule has 5 heterocycles. The SMILES string of the molecule is CC1(C)C(NC(=O)c2ccc(-n3cc(CC4CCN(C(=O)C5CCN(c6ccc7nnn(C8CCC(=O)NC8=O)c(=O)c7c6)CC5)CC4)nn3)cc2)C(C)(C)C1Oc1ccc(C#N)c(Cl)c1. The molecule has 1 unspecified atom stereocenters. The number of imide groups is 1. The molecule has 9 rings (SSSR count). The van der Waals surface area contributed by atoms with Crippen LogP contribution < -0.4 is 25.8 Å². The Bertz CT molecular complexity index is 2800. The van der Waals surface area contributed by atoms with E-state index >= 15 is 0 Å². The van der Waals surface area contributed by atoms with E-state index in [1.165, 1.54) is 0 Å². The minimum atomic E-state index is -0.890. The molecule has 18 heteroatoms. The molecule has 0 bridgehead atoms. The normalized spacial score (nSPS) is 22.0. The van der Waals surface area contributed by atoms with Crippen LogP contribution in [0.3, 0.4) is 0 Å². The number of hydrogen-bond acceptors (Lipinski definition) is 12. The number of benzene rings is 3. The van der Waals surface area contributed by atoms with Gasteiger partial charge < -0.3 is 19.9 Å². The molecule has 4 fully saturated rings. The number of anilines is 1. The molecule has 3 aliphatic heterocycles. The maximum Gasteiger partial charge on any atom is 0.278 e. The van der Waals surface area contributed by atoms with Gasteiger partial charge in [0.25, 0.3) is 17.4 Å². The lowest BCUT2D eigenvalue weighted by molar-refractivity contribution is -0.164. The highest BCUT2D eigenvalue weighted by molar-refractivity contribution is 6.31. The molecule has 342 valence electrons. The molecule has 1 saturated carbocycles. The highest BCUT2D eigenvalue weighted by atomic mass is 35.5. The van der Waals surface area contributed by atoms with Gasteiger partial charge in [0.15, 0.2) is 0 Å². The van der Waals surface area contributed by atoms with Gasteiger partial charge in [0.1, 0.15) is 29.5 Å². The van der Waals surface area contributed by atoms with E-state index in [4.69, 9.17) is 16.3 Å². The number of piperidine rings is 3. The number of carbonyl (C=O) groups is 4. The molecule has 2 N–H and O–H groups in total. The maximum atomic E-state index is 13.7. The van der Waals surface area contributed by atoms with Crippen LogP contribution in [0.4, 0.5) is 5.69 Å². The van der Waals surface area contributed by atoms with Crippen LogP contribution in [0.1, 0.15) is 93.9 Å². The van der Waals surface area contributed by atoms with Gasteiger partial charge in [-0.1, -0.05) is 49.7 Å². The van der Waals surface area contributed by atoms with Gasteiger partial charge >= 0.3 is 0 Å². The summed E-state index contributed by atoms with van der Waals surface area (Å²) >= 11 is 6.25. The van der Waals surface area contributed by atoms with Gasteiger partial charge in [0, 0.05) is 72.7 Å². The standard InChI is InChI=1S/C48H52ClN11O6/c1-47(2)45(48(3,4)46(47)66-35-11-7-31(26-50)37(49)25-35)52-41(62)29-5-8-33(9-6-29)59-27-32(53-55-59)23-28-15-19-58(20-16-28)43(64)30-17-21-57(22-18-30)34-10-12-38-36(24-34)44(65)60(56-54-38)39-13-14-40(61)51-42(39)63/h5-12,24-25,27-28,30,39,45-46H,13-23H2,1-4H3,(H,52,62)(H,51,61,63). The zero-order valence-corrected chi connectivity index (χ0v) is 38.1. The maximum absolute atomic E-state index is 13.7. The van der Waals surface area contributed by atoms with Gasteiger partial charge in [-0.2, -0.15) is 9.94 Å². The van der Waals surface area contributed by atoms with Crippen LogP contribution in [-0.2, 0) is 20.8 Å². The lowest BCUT2D eigenvalue weighted by Crippen LogP contribution is -2.74. The number of nitrogens with one attached hydrogen (secondary N) is 2. The van der Waals surface area contributed by atoms with E-state index in [0.29, 0.717) is 77.7 Å². The third-order valence-corrected chi connectivity index (χ3v) is 14.5. The van der Waals surface area contributed by atoms with Crippen molar-refractivity contribution in [3.05, 3.63) is 99.1 Å². The van der Waals surface area contributed by atoms with Crippen LogP contribution >= 0.6 is 11.6 Å². The fraction of sp³-hybridized carbons (Fsp3) is 0.458. The first-order valence-corrected chi connectivity index (χ1v) is 22.9. The molecule has 3 aromatic carbocycles. The molecule has 1 atom stereocenters. The van der Waals surface area contributed by atoms with Crippen molar-refractivity contribution in [2.45, 2.75) is 90.8 Å². The number of ether oxygens (including phenoxy) is 1. The number of nitrogens with zero attached hydrogens (tertiary/aromatic N) is 9. The van der Waals surface area contributed by atoms with Crippen LogP contribution in [0.5, 0.6) is 5.75 Å². The third kappa shape index (κ3) is 8.50. The average Bonchev–Trinajstić information content (AvgIpc) is 3.78. The molecule has 5 aromatic rings. The predicted octanol–water partition coefficient (Wildman–Crippen LogP) is 5.18. The summed E-state index contributed by atoms with van der Waals surface area (Å²) in [5.74, 6) is -0.0314. The Morgan fingerprint density at radius 3 is 2.27 bits per heavy atom. The molecular formula is C48H52ClN11O6. The number of nitriles is 1. The van der Waals surface area contributed by atoms with Crippen LogP contribution in [0.15, 0.2) is 71.7 Å². The number of aromatic nitrogens is 6. The summed E-state index contributed by atoms with van der Waals surface area (Å²) in [7, 11) is 0. The van der Waals surface area contributed by atoms with Crippen LogP contribution in [0.25, 0.3) is 16.6 Å². The van der Waals surface area contributed by atoms with Crippen molar-refractivity contribution in [1.29, 1.82) is 5.26 Å². The van der Waals surface area contributed by atoms with Gasteiger partial charge in [-0.15, -0.1) is 10.2 Å². The van der Waals surface area contributed by atoms with Crippen molar-refractivity contribution in [1.82, 2.24) is 45.5 Å². The Balaban J connectivity index is 0.735. The second-order valence-corrected chi connectivity index (χ2v) is 19.7. The van der Waals surface area contributed by atoms with E-state index < -0.39 is 17.5 Å². The number of hydrogen-bond donors (Lipinski definition) is 2. The molecule has 66 heavy (non-hydrogen) atoms. The number of rotatable bonds is 10. The molecule has 3 saturated heterocycles. The molecule has 4 aliphatic rings.